The van der Waals surface area contributed by atoms with Gasteiger partial charge in [-0.1, -0.05) is 38.8 Å². The van der Waals surface area contributed by atoms with Gasteiger partial charge in [0.2, 0.25) is 5.91 Å². The van der Waals surface area contributed by atoms with E-state index >= 15 is 0 Å². The number of halogens is 1. The fourth-order valence-corrected chi connectivity index (χ4v) is 1.81. The molecule has 0 heterocycles. The second kappa shape index (κ2) is 8.15. The van der Waals surface area contributed by atoms with Gasteiger partial charge in [-0.2, -0.15) is 0 Å². The molecule has 100 valence electrons. The minimum Gasteiger partial charge on any atom is -0.326 e. The Hall–Kier alpha value is -1.02. The van der Waals surface area contributed by atoms with Crippen molar-refractivity contribution < 1.29 is 4.79 Å². The Morgan fingerprint density at radius 3 is 2.50 bits per heavy atom. The molecule has 0 radical (unpaired) electrons. The zero-order valence-electron chi connectivity index (χ0n) is 11.2. The van der Waals surface area contributed by atoms with E-state index in [1.165, 1.54) is 24.8 Å². The fraction of sp³-hybridized carbons (Fsp3) is 0.533. The molecule has 0 aromatic heterocycles. The van der Waals surface area contributed by atoms with Crippen molar-refractivity contribution in [3.63, 3.8) is 0 Å². The Balaban J connectivity index is 2.47. The molecular formula is C15H22ClNO. The predicted octanol–water partition coefficient (Wildman–Crippen LogP) is 4.23. The summed E-state index contributed by atoms with van der Waals surface area (Å²) < 4.78 is 0. The number of hydrogen-bond acceptors (Lipinski definition) is 1. The van der Waals surface area contributed by atoms with Gasteiger partial charge in [-0.15, -0.1) is 11.6 Å². The van der Waals surface area contributed by atoms with Crippen LogP contribution in [0.1, 0.15) is 38.7 Å². The monoisotopic (exact) mass is 267 g/mol. The van der Waals surface area contributed by atoms with E-state index in [1.54, 1.807) is 0 Å². The number of aryl methyl sites for hydroxylation is 1. The molecule has 1 rings (SSSR count). The van der Waals surface area contributed by atoms with Crippen LogP contribution in [0.2, 0.25) is 0 Å². The summed E-state index contributed by atoms with van der Waals surface area (Å²) >= 11 is 5.65. The van der Waals surface area contributed by atoms with Crippen LogP contribution in [0.3, 0.4) is 0 Å². The maximum Gasteiger partial charge on any atom is 0.228 e. The molecule has 0 aliphatic heterocycles. The lowest BCUT2D eigenvalue weighted by atomic mass is 10.1. The Labute approximate surface area is 115 Å². The van der Waals surface area contributed by atoms with Crippen LogP contribution in [0.5, 0.6) is 0 Å². The van der Waals surface area contributed by atoms with Crippen LogP contribution >= 0.6 is 11.6 Å². The zero-order valence-corrected chi connectivity index (χ0v) is 12.0. The van der Waals surface area contributed by atoms with Crippen LogP contribution in [-0.4, -0.2) is 11.8 Å². The van der Waals surface area contributed by atoms with Gasteiger partial charge in [-0.25, -0.2) is 0 Å². The van der Waals surface area contributed by atoms with Gasteiger partial charge in [-0.3, -0.25) is 4.79 Å². The number of nitrogens with one attached hydrogen (secondary N) is 1. The van der Waals surface area contributed by atoms with E-state index in [0.717, 1.165) is 12.1 Å². The molecule has 1 aromatic carbocycles. The van der Waals surface area contributed by atoms with Crippen LogP contribution in [0.15, 0.2) is 24.3 Å². The molecule has 1 N–H and O–H groups in total. The number of amides is 1. The Kier molecular flexibility index (Phi) is 6.81. The van der Waals surface area contributed by atoms with E-state index in [0.29, 0.717) is 5.88 Å². The summed E-state index contributed by atoms with van der Waals surface area (Å²) in [5.41, 5.74) is 2.17. The van der Waals surface area contributed by atoms with Gasteiger partial charge in [0.05, 0.1) is 0 Å². The molecule has 0 saturated carbocycles. The smallest absolute Gasteiger partial charge is 0.228 e. The van der Waals surface area contributed by atoms with E-state index in [2.05, 4.69) is 24.4 Å². The molecule has 0 saturated heterocycles. The number of hydrogen-bond donors (Lipinski definition) is 1. The van der Waals surface area contributed by atoms with Gasteiger partial charge < -0.3 is 5.32 Å². The minimum absolute atomic E-state index is 0.0243. The van der Waals surface area contributed by atoms with E-state index in [9.17, 15) is 4.79 Å². The maximum absolute atomic E-state index is 11.6. The highest BCUT2D eigenvalue weighted by molar-refractivity contribution is 6.19. The van der Waals surface area contributed by atoms with E-state index in [-0.39, 0.29) is 11.8 Å². The summed E-state index contributed by atoms with van der Waals surface area (Å²) in [6.07, 6.45) is 4.85. The summed E-state index contributed by atoms with van der Waals surface area (Å²) in [6, 6.07) is 8.08. The lowest BCUT2D eigenvalue weighted by molar-refractivity contribution is -0.118. The van der Waals surface area contributed by atoms with Crippen molar-refractivity contribution in [3.05, 3.63) is 29.8 Å². The third-order valence-electron chi connectivity index (χ3n) is 2.97. The third kappa shape index (κ3) is 5.09. The van der Waals surface area contributed by atoms with Crippen molar-refractivity contribution in [1.82, 2.24) is 0 Å². The first kappa shape index (κ1) is 15.0. The summed E-state index contributed by atoms with van der Waals surface area (Å²) in [6.45, 7) is 4.03. The van der Waals surface area contributed by atoms with E-state index < -0.39 is 0 Å². The number of anilines is 1. The van der Waals surface area contributed by atoms with Gasteiger partial charge in [0, 0.05) is 17.5 Å². The topological polar surface area (TPSA) is 29.1 Å². The molecule has 1 amide bonds. The first-order chi connectivity index (χ1) is 8.67. The van der Waals surface area contributed by atoms with E-state index in [4.69, 9.17) is 11.6 Å². The van der Waals surface area contributed by atoms with Crippen molar-refractivity contribution in [2.24, 2.45) is 5.92 Å². The van der Waals surface area contributed by atoms with Crippen LogP contribution in [0.25, 0.3) is 0 Å². The molecule has 3 heteroatoms. The number of rotatable bonds is 7. The number of carbonyl (C=O) groups excluding carboxylic acids is 1. The van der Waals surface area contributed by atoms with Crippen molar-refractivity contribution in [1.29, 1.82) is 0 Å². The largest absolute Gasteiger partial charge is 0.326 e. The maximum atomic E-state index is 11.6. The second-order valence-electron chi connectivity index (χ2n) is 4.70. The fourth-order valence-electron chi connectivity index (χ4n) is 1.67. The Morgan fingerprint density at radius 2 is 1.94 bits per heavy atom. The van der Waals surface area contributed by atoms with Crippen LogP contribution in [-0.2, 0) is 11.2 Å². The molecular weight excluding hydrogens is 246 g/mol. The highest BCUT2D eigenvalue weighted by Gasteiger charge is 2.11. The number of alkyl halides is 1. The number of benzene rings is 1. The second-order valence-corrected chi connectivity index (χ2v) is 5.01. The molecule has 18 heavy (non-hydrogen) atoms. The molecule has 1 unspecified atom stereocenters. The SMILES string of the molecule is CCCCCc1ccc(NC(=O)C(C)CCl)cc1. The van der Waals surface area contributed by atoms with Crippen LogP contribution in [0.4, 0.5) is 5.69 Å². The normalized spacial score (nSPS) is 12.2. The van der Waals surface area contributed by atoms with Gasteiger partial charge in [0.15, 0.2) is 0 Å². The lowest BCUT2D eigenvalue weighted by Crippen LogP contribution is -2.21. The van der Waals surface area contributed by atoms with Crippen molar-refractivity contribution in [2.75, 3.05) is 11.2 Å². The summed E-state index contributed by atoms with van der Waals surface area (Å²) in [5, 5.41) is 2.86. The Morgan fingerprint density at radius 1 is 1.28 bits per heavy atom. The van der Waals surface area contributed by atoms with E-state index in [1.807, 2.05) is 19.1 Å². The highest BCUT2D eigenvalue weighted by Crippen LogP contribution is 2.13. The summed E-state index contributed by atoms with van der Waals surface area (Å²) in [4.78, 5) is 11.6. The third-order valence-corrected chi connectivity index (χ3v) is 3.43. The van der Waals surface area contributed by atoms with Crippen LogP contribution in [0, 0.1) is 5.92 Å². The predicted molar refractivity (Wildman–Crippen MR) is 78.2 cm³/mol. The van der Waals surface area contributed by atoms with Gasteiger partial charge in [-0.05, 0) is 30.5 Å². The summed E-state index contributed by atoms with van der Waals surface area (Å²) in [5.74, 6) is 0.167. The van der Waals surface area contributed by atoms with Crippen molar-refractivity contribution in [2.45, 2.75) is 39.5 Å². The highest BCUT2D eigenvalue weighted by atomic mass is 35.5. The summed E-state index contributed by atoms with van der Waals surface area (Å²) in [7, 11) is 0. The zero-order chi connectivity index (χ0) is 13.4. The Bertz CT molecular complexity index is 361. The molecule has 1 aromatic rings. The average molecular weight is 268 g/mol. The first-order valence-corrected chi connectivity index (χ1v) is 7.16. The van der Waals surface area contributed by atoms with Gasteiger partial charge in [0.1, 0.15) is 0 Å². The molecule has 1 atom stereocenters. The molecule has 0 aliphatic rings. The number of unbranched alkanes of at least 4 members (excludes halogenated alkanes) is 2. The molecule has 0 bridgehead atoms. The lowest BCUT2D eigenvalue weighted by Gasteiger charge is -2.09. The van der Waals surface area contributed by atoms with Crippen LogP contribution < -0.4 is 5.32 Å². The molecule has 0 fully saturated rings. The average Bonchev–Trinajstić information content (AvgIpc) is 2.40. The standard InChI is InChI=1S/C15H22ClNO/c1-3-4-5-6-13-7-9-14(10-8-13)17-15(18)12(2)11-16/h7-10,12H,3-6,11H2,1-2H3,(H,17,18). The molecule has 0 aliphatic carbocycles. The molecule has 2 nitrogen and oxygen atoms in total. The minimum atomic E-state index is -0.157. The quantitative estimate of drug-likeness (QED) is 0.581. The van der Waals surface area contributed by atoms with Gasteiger partial charge >= 0.3 is 0 Å². The molecule has 0 spiro atoms. The van der Waals surface area contributed by atoms with Crippen molar-refractivity contribution in [3.8, 4) is 0 Å². The number of carbonyl (C=O) groups is 1. The first-order valence-electron chi connectivity index (χ1n) is 6.63. The van der Waals surface area contributed by atoms with Crippen molar-refractivity contribution >= 4 is 23.2 Å². The van der Waals surface area contributed by atoms with Gasteiger partial charge in [0.25, 0.3) is 0 Å².